The van der Waals surface area contributed by atoms with Crippen LogP contribution in [0.2, 0.25) is 0 Å². The van der Waals surface area contributed by atoms with E-state index in [2.05, 4.69) is 11.6 Å². The van der Waals surface area contributed by atoms with Crippen LogP contribution in [0.15, 0.2) is 11.1 Å². The second-order valence-electron chi connectivity index (χ2n) is 2.07. The lowest BCUT2D eigenvalue weighted by Crippen LogP contribution is -2.47. The van der Waals surface area contributed by atoms with Crippen LogP contribution in [0.25, 0.3) is 0 Å². The van der Waals surface area contributed by atoms with Crippen molar-refractivity contribution in [3.8, 4) is 0 Å². The van der Waals surface area contributed by atoms with E-state index in [9.17, 15) is 35.1 Å². The molecule has 0 amide bonds. The van der Waals surface area contributed by atoms with Crippen LogP contribution < -0.4 is 0 Å². The van der Waals surface area contributed by atoms with E-state index in [1.165, 1.54) is 0 Å². The highest BCUT2D eigenvalue weighted by Gasteiger charge is 2.66. The summed E-state index contributed by atoms with van der Waals surface area (Å²) < 4.78 is 94.3. The molecule has 0 aromatic carbocycles. The van der Waals surface area contributed by atoms with Gasteiger partial charge < -0.3 is 0 Å². The number of allylic oxidation sites excluding steroid dienone is 1. The van der Waals surface area contributed by atoms with Gasteiger partial charge in [-0.1, -0.05) is 0 Å². The third-order valence-corrected chi connectivity index (χ3v) is 1.30. The molecule has 84 valence electrons. The van der Waals surface area contributed by atoms with Gasteiger partial charge in [-0.25, -0.2) is 13.2 Å². The predicted molar refractivity (Wildman–Crippen MR) is 31.0 cm³/mol. The Hall–Kier alpha value is -0.530. The Labute approximate surface area is 77.1 Å². The van der Waals surface area contributed by atoms with Gasteiger partial charge in [0.2, 0.25) is 11.1 Å². The van der Waals surface area contributed by atoms with Gasteiger partial charge in [-0.15, -0.1) is 0 Å². The summed E-state index contributed by atoms with van der Waals surface area (Å²) >= 11 is 4.00. The van der Waals surface area contributed by atoms with Crippen LogP contribution >= 0.6 is 11.6 Å². The predicted octanol–water partition coefficient (Wildman–Crippen LogP) is 3.87. The van der Waals surface area contributed by atoms with Crippen molar-refractivity contribution in [3.63, 3.8) is 0 Å². The first-order chi connectivity index (χ1) is 6.05. The summed E-state index contributed by atoms with van der Waals surface area (Å²) in [6.07, 6.45) is -4.85. The second-order valence-corrected chi connectivity index (χ2v) is 2.40. The fourth-order valence-electron chi connectivity index (χ4n) is 0.402. The number of rotatable bonds is 3. The first-order valence-corrected chi connectivity index (χ1v) is 3.18. The zero-order valence-corrected chi connectivity index (χ0v) is 6.73. The zero-order valence-electron chi connectivity index (χ0n) is 5.98. The van der Waals surface area contributed by atoms with Crippen molar-refractivity contribution in [1.29, 1.82) is 0 Å². The van der Waals surface area contributed by atoms with Crippen molar-refractivity contribution >= 4 is 11.6 Å². The fourth-order valence-corrected chi connectivity index (χ4v) is 0.521. The number of halogens is 9. The maximum Gasteiger partial charge on any atom is 0.376 e. The average molecular weight is 248 g/mol. The Kier molecular flexibility index (Phi) is 3.77. The third kappa shape index (κ3) is 2.10. The largest absolute Gasteiger partial charge is 0.376 e. The average Bonchev–Trinajstić information content (AvgIpc) is 2.01. The van der Waals surface area contributed by atoms with Crippen molar-refractivity contribution < 1.29 is 35.1 Å². The van der Waals surface area contributed by atoms with Gasteiger partial charge in [0.15, 0.2) is 0 Å². The molecule has 0 radical (unpaired) electrons. The SMILES string of the molecule is F/C(Cl)=C(/F)C(F)(F)C(F)(F)C(F)F. The molecule has 0 spiro atoms. The maximum absolute atomic E-state index is 12.1. The lowest BCUT2D eigenvalue weighted by Gasteiger charge is -2.23. The molecule has 0 bridgehead atoms. The van der Waals surface area contributed by atoms with Gasteiger partial charge in [0.1, 0.15) is 0 Å². The monoisotopic (exact) mass is 248 g/mol. The van der Waals surface area contributed by atoms with Gasteiger partial charge in [0.25, 0.3) is 0 Å². The van der Waals surface area contributed by atoms with Gasteiger partial charge in [0, 0.05) is 0 Å². The van der Waals surface area contributed by atoms with E-state index in [1.54, 1.807) is 0 Å². The Balaban J connectivity index is 5.26. The highest BCUT2D eigenvalue weighted by atomic mass is 35.5. The van der Waals surface area contributed by atoms with Crippen LogP contribution in [-0.2, 0) is 0 Å². The standard InChI is InChI=1S/C5HClF8/c6-2(8)1(7)4(11,12)5(13,14)3(9)10/h3H/b2-1+. The van der Waals surface area contributed by atoms with E-state index in [1.807, 2.05) is 0 Å². The molecule has 0 fully saturated rings. The minimum atomic E-state index is -6.02. The quantitative estimate of drug-likeness (QED) is 0.665. The Morgan fingerprint density at radius 3 is 1.57 bits per heavy atom. The summed E-state index contributed by atoms with van der Waals surface area (Å²) in [4.78, 5) is 0. The normalized spacial score (nSPS) is 15.9. The lowest BCUT2D eigenvalue weighted by atomic mass is 10.1. The lowest BCUT2D eigenvalue weighted by molar-refractivity contribution is -0.253. The summed E-state index contributed by atoms with van der Waals surface area (Å²) in [6, 6.07) is 0. The van der Waals surface area contributed by atoms with Gasteiger partial charge in [-0.2, -0.15) is 22.0 Å². The molecule has 0 aliphatic carbocycles. The van der Waals surface area contributed by atoms with Crippen molar-refractivity contribution in [2.24, 2.45) is 0 Å². The Bertz CT molecular complexity index is 240. The van der Waals surface area contributed by atoms with E-state index < -0.39 is 29.4 Å². The molecule has 0 aliphatic rings. The smallest absolute Gasteiger partial charge is 0.203 e. The molecular formula is C5HClF8. The number of hydrogen-bond donors (Lipinski definition) is 0. The highest BCUT2D eigenvalue weighted by Crippen LogP contribution is 2.45. The summed E-state index contributed by atoms with van der Waals surface area (Å²) in [6.45, 7) is 0. The second kappa shape index (κ2) is 3.92. The van der Waals surface area contributed by atoms with Gasteiger partial charge in [-0.05, 0) is 11.6 Å². The van der Waals surface area contributed by atoms with Gasteiger partial charge >= 0.3 is 18.3 Å². The van der Waals surface area contributed by atoms with Crippen molar-refractivity contribution in [1.82, 2.24) is 0 Å². The van der Waals surface area contributed by atoms with Crippen molar-refractivity contribution in [2.75, 3.05) is 0 Å². The molecule has 0 nitrogen and oxygen atoms in total. The maximum atomic E-state index is 12.1. The molecule has 0 aliphatic heterocycles. The van der Waals surface area contributed by atoms with E-state index in [-0.39, 0.29) is 0 Å². The first-order valence-electron chi connectivity index (χ1n) is 2.80. The van der Waals surface area contributed by atoms with E-state index in [4.69, 9.17) is 0 Å². The zero-order chi connectivity index (χ0) is 11.7. The van der Waals surface area contributed by atoms with E-state index in [0.29, 0.717) is 0 Å². The molecule has 0 N–H and O–H groups in total. The van der Waals surface area contributed by atoms with Gasteiger partial charge in [-0.3, -0.25) is 0 Å². The minimum absolute atomic E-state index is 2.80. The number of hydrogen-bond acceptors (Lipinski definition) is 0. The Morgan fingerprint density at radius 1 is 1.00 bits per heavy atom. The molecule has 0 aromatic rings. The molecule has 0 atom stereocenters. The topological polar surface area (TPSA) is 0 Å². The minimum Gasteiger partial charge on any atom is -0.203 e. The Morgan fingerprint density at radius 2 is 1.36 bits per heavy atom. The van der Waals surface area contributed by atoms with Crippen LogP contribution in [0.5, 0.6) is 0 Å². The van der Waals surface area contributed by atoms with Crippen LogP contribution in [0.1, 0.15) is 0 Å². The first kappa shape index (κ1) is 13.5. The molecule has 0 rings (SSSR count). The molecule has 0 heterocycles. The highest BCUT2D eigenvalue weighted by molar-refractivity contribution is 6.28. The van der Waals surface area contributed by atoms with Crippen LogP contribution in [0, 0.1) is 0 Å². The molecule has 14 heavy (non-hydrogen) atoms. The van der Waals surface area contributed by atoms with Crippen molar-refractivity contribution in [3.05, 3.63) is 11.1 Å². The molecule has 0 aromatic heterocycles. The molecule has 0 unspecified atom stereocenters. The summed E-state index contributed by atoms with van der Waals surface area (Å²) in [5, 5.41) is -2.80. The van der Waals surface area contributed by atoms with Crippen LogP contribution in [0.4, 0.5) is 35.1 Å². The van der Waals surface area contributed by atoms with E-state index >= 15 is 0 Å². The van der Waals surface area contributed by atoms with Gasteiger partial charge in [0.05, 0.1) is 0 Å². The fraction of sp³-hybridized carbons (Fsp3) is 0.600. The van der Waals surface area contributed by atoms with Crippen LogP contribution in [0.3, 0.4) is 0 Å². The molecule has 9 heteroatoms. The third-order valence-electron chi connectivity index (χ3n) is 1.13. The summed E-state index contributed by atoms with van der Waals surface area (Å²) in [5.74, 6) is -15.4. The van der Waals surface area contributed by atoms with Crippen molar-refractivity contribution in [2.45, 2.75) is 18.3 Å². The molecule has 0 saturated carbocycles. The molecule has 0 saturated heterocycles. The summed E-state index contributed by atoms with van der Waals surface area (Å²) in [7, 11) is 0. The van der Waals surface area contributed by atoms with E-state index in [0.717, 1.165) is 0 Å². The van der Waals surface area contributed by atoms with Crippen LogP contribution in [-0.4, -0.2) is 18.3 Å². The number of alkyl halides is 6. The molecular weight excluding hydrogens is 247 g/mol. The summed E-state index contributed by atoms with van der Waals surface area (Å²) in [5.41, 5.74) is 0.